The zero-order valence-corrected chi connectivity index (χ0v) is 19.9. The van der Waals surface area contributed by atoms with Gasteiger partial charge in [-0.25, -0.2) is 4.39 Å². The molecule has 9 nitrogen and oxygen atoms in total. The number of carbonyl (C=O) groups is 1. The highest BCUT2D eigenvalue weighted by Crippen LogP contribution is 2.25. The van der Waals surface area contributed by atoms with Gasteiger partial charge in [0.1, 0.15) is 0 Å². The number of nitrogens with zero attached hydrogens (tertiary/aromatic N) is 4. The Hall–Kier alpha value is -3.17. The number of piperidine rings is 1. The summed E-state index contributed by atoms with van der Waals surface area (Å²) in [4.78, 5) is 27.2. The number of methoxy groups -OCH3 is 1. The topological polar surface area (TPSA) is 104 Å². The molecule has 1 aromatic carbocycles. The minimum atomic E-state index is -0.464. The number of hydrogen-bond donors (Lipinski definition) is 3. The molecule has 4 rings (SSSR count). The standard InChI is InChI=1S/C24H34FN7O2/c1-16(33)32-13-11-18(12-14-32)27-23-29-22(26-17-7-5-3-4-6-8-17)30-24(31-23)28-19-9-10-21(34-2)20(25)15-19/h9-10,15,17-18H,3-8,11-14H2,1-2H3,(H3,26,27,28,29,30,31). The van der Waals surface area contributed by atoms with Crippen molar-refractivity contribution in [2.24, 2.45) is 0 Å². The second kappa shape index (κ2) is 11.3. The van der Waals surface area contributed by atoms with Crippen LogP contribution in [-0.2, 0) is 4.79 Å². The van der Waals surface area contributed by atoms with Gasteiger partial charge in [0.05, 0.1) is 7.11 Å². The Morgan fingerprint density at radius 3 is 2.09 bits per heavy atom. The second-order valence-electron chi connectivity index (χ2n) is 9.04. The molecule has 2 aromatic rings. The van der Waals surface area contributed by atoms with E-state index < -0.39 is 5.82 Å². The van der Waals surface area contributed by atoms with E-state index in [4.69, 9.17) is 4.74 Å². The van der Waals surface area contributed by atoms with Crippen LogP contribution in [0.5, 0.6) is 5.75 Å². The summed E-state index contributed by atoms with van der Waals surface area (Å²) in [6.07, 6.45) is 8.73. The lowest BCUT2D eigenvalue weighted by Crippen LogP contribution is -2.41. The highest BCUT2D eigenvalue weighted by molar-refractivity contribution is 5.73. The van der Waals surface area contributed by atoms with Gasteiger partial charge in [-0.15, -0.1) is 0 Å². The molecular weight excluding hydrogens is 437 g/mol. The summed E-state index contributed by atoms with van der Waals surface area (Å²) < 4.78 is 19.2. The average Bonchev–Trinajstić information content (AvgIpc) is 3.08. The van der Waals surface area contributed by atoms with Gasteiger partial charge in [0, 0.05) is 43.9 Å². The third-order valence-electron chi connectivity index (χ3n) is 6.51. The molecular formula is C24H34FN7O2. The Kier molecular flexibility index (Phi) is 7.97. The van der Waals surface area contributed by atoms with E-state index >= 15 is 0 Å². The highest BCUT2D eigenvalue weighted by atomic mass is 19.1. The first-order valence-electron chi connectivity index (χ1n) is 12.2. The fourth-order valence-corrected chi connectivity index (χ4v) is 4.56. The van der Waals surface area contributed by atoms with E-state index in [-0.39, 0.29) is 17.7 Å². The van der Waals surface area contributed by atoms with Crippen LogP contribution in [-0.4, -0.2) is 58.0 Å². The van der Waals surface area contributed by atoms with Crippen LogP contribution in [0.2, 0.25) is 0 Å². The number of ether oxygens (including phenoxy) is 1. The summed E-state index contributed by atoms with van der Waals surface area (Å²) in [5.41, 5.74) is 0.519. The number of amides is 1. The zero-order chi connectivity index (χ0) is 23.9. The molecule has 1 saturated carbocycles. The zero-order valence-electron chi connectivity index (χ0n) is 19.9. The van der Waals surface area contributed by atoms with Crippen LogP contribution < -0.4 is 20.7 Å². The lowest BCUT2D eigenvalue weighted by Gasteiger charge is -2.31. The van der Waals surface area contributed by atoms with Crippen LogP contribution in [0.4, 0.5) is 27.9 Å². The predicted octanol–water partition coefficient (Wildman–Crippen LogP) is 4.32. The third kappa shape index (κ3) is 6.45. The van der Waals surface area contributed by atoms with Crippen molar-refractivity contribution < 1.29 is 13.9 Å². The quantitative estimate of drug-likeness (QED) is 0.513. The van der Waals surface area contributed by atoms with Crippen LogP contribution in [0.15, 0.2) is 18.2 Å². The van der Waals surface area contributed by atoms with E-state index in [9.17, 15) is 9.18 Å². The molecule has 1 saturated heterocycles. The largest absolute Gasteiger partial charge is 0.494 e. The Morgan fingerprint density at radius 1 is 0.941 bits per heavy atom. The lowest BCUT2D eigenvalue weighted by atomic mass is 10.1. The first-order valence-corrected chi connectivity index (χ1v) is 12.2. The van der Waals surface area contributed by atoms with E-state index in [0.717, 1.165) is 25.7 Å². The molecule has 2 aliphatic rings. The number of halogens is 1. The fraction of sp³-hybridized carbons (Fsp3) is 0.583. The molecule has 0 atom stereocenters. The Bertz CT molecular complexity index is 974. The summed E-state index contributed by atoms with van der Waals surface area (Å²) >= 11 is 0. The molecule has 0 bridgehead atoms. The van der Waals surface area contributed by atoms with Crippen molar-refractivity contribution in [1.82, 2.24) is 19.9 Å². The lowest BCUT2D eigenvalue weighted by molar-refractivity contribution is -0.129. The molecule has 1 amide bonds. The molecule has 0 spiro atoms. The van der Waals surface area contributed by atoms with Crippen LogP contribution in [0.3, 0.4) is 0 Å². The van der Waals surface area contributed by atoms with Gasteiger partial charge in [-0.05, 0) is 37.8 Å². The molecule has 1 aliphatic heterocycles. The van der Waals surface area contributed by atoms with Gasteiger partial charge in [0.25, 0.3) is 0 Å². The van der Waals surface area contributed by atoms with Gasteiger partial charge in [0.2, 0.25) is 23.8 Å². The van der Waals surface area contributed by atoms with Gasteiger partial charge >= 0.3 is 0 Å². The van der Waals surface area contributed by atoms with E-state index in [1.807, 2.05) is 4.90 Å². The minimum Gasteiger partial charge on any atom is -0.494 e. The van der Waals surface area contributed by atoms with Crippen LogP contribution >= 0.6 is 0 Å². The normalized spacial score (nSPS) is 17.7. The Morgan fingerprint density at radius 2 is 1.53 bits per heavy atom. The second-order valence-corrected chi connectivity index (χ2v) is 9.04. The number of likely N-dealkylation sites (tertiary alicyclic amines) is 1. The Balaban J connectivity index is 1.52. The van der Waals surface area contributed by atoms with E-state index in [2.05, 4.69) is 30.9 Å². The summed E-state index contributed by atoms with van der Waals surface area (Å²) in [6, 6.07) is 5.11. The third-order valence-corrected chi connectivity index (χ3v) is 6.51. The molecule has 0 unspecified atom stereocenters. The van der Waals surface area contributed by atoms with Gasteiger partial charge in [-0.3, -0.25) is 4.79 Å². The monoisotopic (exact) mass is 471 g/mol. The number of nitrogens with one attached hydrogen (secondary N) is 3. The maximum Gasteiger partial charge on any atom is 0.233 e. The summed E-state index contributed by atoms with van der Waals surface area (Å²) in [7, 11) is 1.43. The number of benzene rings is 1. The molecule has 3 N–H and O–H groups in total. The molecule has 2 heterocycles. The number of anilines is 4. The van der Waals surface area contributed by atoms with Crippen molar-refractivity contribution in [2.45, 2.75) is 70.4 Å². The molecule has 1 aliphatic carbocycles. The molecule has 2 fully saturated rings. The molecule has 0 radical (unpaired) electrons. The van der Waals surface area contributed by atoms with Gasteiger partial charge in [-0.1, -0.05) is 25.7 Å². The maximum absolute atomic E-state index is 14.2. The van der Waals surface area contributed by atoms with Crippen molar-refractivity contribution >= 4 is 29.4 Å². The smallest absolute Gasteiger partial charge is 0.233 e. The highest BCUT2D eigenvalue weighted by Gasteiger charge is 2.22. The van der Waals surface area contributed by atoms with Crippen molar-refractivity contribution in [3.05, 3.63) is 24.0 Å². The van der Waals surface area contributed by atoms with Crippen molar-refractivity contribution in [1.29, 1.82) is 0 Å². The van der Waals surface area contributed by atoms with Crippen LogP contribution in [0.1, 0.15) is 58.3 Å². The average molecular weight is 472 g/mol. The van der Waals surface area contributed by atoms with E-state index in [0.29, 0.717) is 42.7 Å². The van der Waals surface area contributed by atoms with Crippen molar-refractivity contribution in [2.75, 3.05) is 36.1 Å². The number of rotatable bonds is 7. The van der Waals surface area contributed by atoms with Crippen molar-refractivity contribution in [3.8, 4) is 5.75 Å². The van der Waals surface area contributed by atoms with Gasteiger partial charge < -0.3 is 25.6 Å². The van der Waals surface area contributed by atoms with E-state index in [1.54, 1.807) is 19.1 Å². The first kappa shape index (κ1) is 24.0. The van der Waals surface area contributed by atoms with Crippen LogP contribution in [0.25, 0.3) is 0 Å². The summed E-state index contributed by atoms with van der Waals surface area (Å²) in [5, 5.41) is 9.99. The first-order chi connectivity index (χ1) is 16.5. The Labute approximate surface area is 199 Å². The van der Waals surface area contributed by atoms with Gasteiger partial charge in [-0.2, -0.15) is 15.0 Å². The number of carbonyl (C=O) groups excluding carboxylic acids is 1. The van der Waals surface area contributed by atoms with Gasteiger partial charge in [0.15, 0.2) is 11.6 Å². The maximum atomic E-state index is 14.2. The summed E-state index contributed by atoms with van der Waals surface area (Å²) in [5.74, 6) is 1.11. The predicted molar refractivity (Wildman–Crippen MR) is 130 cm³/mol. The van der Waals surface area contributed by atoms with Crippen molar-refractivity contribution in [3.63, 3.8) is 0 Å². The fourth-order valence-electron chi connectivity index (χ4n) is 4.56. The van der Waals surface area contributed by atoms with E-state index in [1.165, 1.54) is 38.9 Å². The number of aromatic nitrogens is 3. The minimum absolute atomic E-state index is 0.103. The molecule has 184 valence electrons. The summed E-state index contributed by atoms with van der Waals surface area (Å²) in [6.45, 7) is 3.02. The number of hydrogen-bond acceptors (Lipinski definition) is 8. The SMILES string of the molecule is COc1ccc(Nc2nc(NC3CCCCCC3)nc(NC3CCN(C(C)=O)CC3)n2)cc1F. The molecule has 10 heteroatoms. The van der Waals surface area contributed by atoms with Crippen LogP contribution in [0, 0.1) is 5.82 Å². The molecule has 34 heavy (non-hydrogen) atoms. The molecule has 1 aromatic heterocycles.